The number of hydrogen-bond donors (Lipinski definition) is 1. The second kappa shape index (κ2) is 9.68. The monoisotopic (exact) mass is 357 g/mol. The zero-order valence-corrected chi connectivity index (χ0v) is 14.2. The molecule has 0 aliphatic carbocycles. The minimum Gasteiger partial charge on any atom is -0.464 e. The molecule has 24 heavy (non-hydrogen) atoms. The summed E-state index contributed by atoms with van der Waals surface area (Å²) < 4.78 is 35.7. The van der Waals surface area contributed by atoms with Crippen molar-refractivity contribution in [2.24, 2.45) is 0 Å². The number of methoxy groups -OCH3 is 1. The summed E-state index contributed by atoms with van der Waals surface area (Å²) >= 11 is 0. The molecule has 0 atom stereocenters. The van der Waals surface area contributed by atoms with E-state index in [4.69, 9.17) is 4.74 Å². The molecule has 132 valence electrons. The van der Waals surface area contributed by atoms with Gasteiger partial charge in [-0.3, -0.25) is 9.50 Å². The van der Waals surface area contributed by atoms with Crippen molar-refractivity contribution in [2.45, 2.75) is 13.0 Å². The number of nitrogens with one attached hydrogen (secondary N) is 1. The van der Waals surface area contributed by atoms with Crippen molar-refractivity contribution in [1.82, 2.24) is 5.32 Å². The third-order valence-corrected chi connectivity index (χ3v) is 3.21. The van der Waals surface area contributed by atoms with E-state index >= 15 is 0 Å². The van der Waals surface area contributed by atoms with Gasteiger partial charge in [-0.15, -0.1) is 0 Å². The molecule has 9 heteroatoms. The Morgan fingerprint density at radius 2 is 1.88 bits per heavy atom. The van der Waals surface area contributed by atoms with Gasteiger partial charge in [-0.25, -0.2) is 9.59 Å². The number of esters is 1. The van der Waals surface area contributed by atoms with Crippen LogP contribution in [0.25, 0.3) is 0 Å². The molecule has 0 bridgehead atoms. The Morgan fingerprint density at radius 3 is 2.46 bits per heavy atom. The zero-order chi connectivity index (χ0) is 18.0. The van der Waals surface area contributed by atoms with Crippen LogP contribution in [0, 0.1) is 0 Å². The number of rotatable bonds is 8. The van der Waals surface area contributed by atoms with Gasteiger partial charge < -0.3 is 9.47 Å². The number of hydrogen-bond acceptors (Lipinski definition) is 7. The minimum atomic E-state index is -3.57. The summed E-state index contributed by atoms with van der Waals surface area (Å²) in [5.74, 6) is -0.786. The van der Waals surface area contributed by atoms with Gasteiger partial charge in [0.05, 0.1) is 20.0 Å². The first-order valence-corrected chi connectivity index (χ1v) is 8.74. The number of carbonyl (C=O) groups is 2. The van der Waals surface area contributed by atoms with Gasteiger partial charge >= 0.3 is 12.1 Å². The lowest BCUT2D eigenvalue weighted by Gasteiger charge is -2.09. The summed E-state index contributed by atoms with van der Waals surface area (Å²) in [6, 6.07) is 9.01. The minimum absolute atomic E-state index is 0.0400. The molecule has 0 fully saturated rings. The van der Waals surface area contributed by atoms with Gasteiger partial charge in [0.15, 0.2) is 0 Å². The molecule has 1 aromatic carbocycles. The van der Waals surface area contributed by atoms with Crippen LogP contribution in [0.3, 0.4) is 0 Å². The van der Waals surface area contributed by atoms with E-state index in [1.807, 2.05) is 6.07 Å². The summed E-state index contributed by atoms with van der Waals surface area (Å²) in [5, 5.41) is 2.26. The number of benzene rings is 1. The smallest absolute Gasteiger partial charge is 0.412 e. The van der Waals surface area contributed by atoms with Gasteiger partial charge in [0.25, 0.3) is 10.1 Å². The molecule has 8 nitrogen and oxygen atoms in total. The highest BCUT2D eigenvalue weighted by Crippen LogP contribution is 2.03. The molecular weight excluding hydrogens is 338 g/mol. The van der Waals surface area contributed by atoms with E-state index in [2.05, 4.69) is 14.2 Å². The molecule has 0 aliphatic heterocycles. The molecule has 0 spiro atoms. The van der Waals surface area contributed by atoms with E-state index in [-0.39, 0.29) is 25.3 Å². The summed E-state index contributed by atoms with van der Waals surface area (Å²) in [7, 11) is -2.41. The van der Waals surface area contributed by atoms with Gasteiger partial charge in [0.1, 0.15) is 12.3 Å². The Kier molecular flexibility index (Phi) is 7.93. The summed E-state index contributed by atoms with van der Waals surface area (Å²) in [6.45, 7) is -0.127. The predicted octanol–water partition coefficient (Wildman–Crippen LogP) is 1.34. The lowest BCUT2D eigenvalue weighted by Crippen LogP contribution is -2.28. The van der Waals surface area contributed by atoms with Crippen molar-refractivity contribution in [3.8, 4) is 0 Å². The van der Waals surface area contributed by atoms with E-state index < -0.39 is 22.2 Å². The van der Waals surface area contributed by atoms with Crippen LogP contribution in [-0.2, 0) is 35.2 Å². The Morgan fingerprint density at radius 1 is 1.21 bits per heavy atom. The Balaban J connectivity index is 2.55. The summed E-state index contributed by atoms with van der Waals surface area (Å²) in [5.41, 5.74) is 0.630. The first-order valence-electron chi connectivity index (χ1n) is 6.92. The second-order valence-electron chi connectivity index (χ2n) is 4.61. The van der Waals surface area contributed by atoms with Crippen LogP contribution >= 0.6 is 0 Å². The van der Waals surface area contributed by atoms with E-state index in [0.29, 0.717) is 0 Å². The average Bonchev–Trinajstić information content (AvgIpc) is 2.55. The first-order chi connectivity index (χ1) is 11.3. The van der Waals surface area contributed by atoms with Gasteiger partial charge in [-0.1, -0.05) is 36.4 Å². The van der Waals surface area contributed by atoms with E-state index in [0.717, 1.165) is 18.9 Å². The Bertz CT molecular complexity index is 683. The van der Waals surface area contributed by atoms with Crippen LogP contribution in [-0.4, -0.2) is 40.5 Å². The second-order valence-corrected chi connectivity index (χ2v) is 6.25. The fourth-order valence-electron chi connectivity index (χ4n) is 1.57. The normalized spacial score (nSPS) is 11.7. The van der Waals surface area contributed by atoms with Gasteiger partial charge in [0, 0.05) is 0 Å². The van der Waals surface area contributed by atoms with E-state index in [1.54, 1.807) is 24.3 Å². The van der Waals surface area contributed by atoms with Crippen molar-refractivity contribution in [3.05, 3.63) is 47.7 Å². The standard InChI is InChI=1S/C15H19NO7S/c1-21-14(17)13(9-6-10-23-24(2,19)20)16-15(18)22-11-12-7-4-3-5-8-12/h3-5,7-9H,6,10-11H2,1-2H3,(H,16,18)/b13-9-. The lowest BCUT2D eigenvalue weighted by atomic mass is 10.2. The predicted molar refractivity (Wildman–Crippen MR) is 85.3 cm³/mol. The van der Waals surface area contributed by atoms with Crippen molar-refractivity contribution in [3.63, 3.8) is 0 Å². The largest absolute Gasteiger partial charge is 0.464 e. The van der Waals surface area contributed by atoms with Crippen molar-refractivity contribution in [2.75, 3.05) is 20.0 Å². The average molecular weight is 357 g/mol. The zero-order valence-electron chi connectivity index (χ0n) is 13.4. The quantitative estimate of drug-likeness (QED) is 0.324. The fraction of sp³-hybridized carbons (Fsp3) is 0.333. The number of carbonyl (C=O) groups excluding carboxylic acids is 2. The van der Waals surface area contributed by atoms with E-state index in [9.17, 15) is 18.0 Å². The van der Waals surface area contributed by atoms with Crippen molar-refractivity contribution >= 4 is 22.2 Å². The summed E-state index contributed by atoms with van der Waals surface area (Å²) in [4.78, 5) is 23.3. The molecule has 1 amide bonds. The molecule has 1 rings (SSSR count). The molecular formula is C15H19NO7S. The van der Waals surface area contributed by atoms with Crippen LogP contribution in [0.1, 0.15) is 12.0 Å². The molecule has 0 unspecified atom stereocenters. The maximum absolute atomic E-state index is 11.7. The maximum atomic E-state index is 11.7. The third kappa shape index (κ3) is 8.30. The van der Waals surface area contributed by atoms with E-state index in [1.165, 1.54) is 6.08 Å². The van der Waals surface area contributed by atoms with Crippen LogP contribution in [0.15, 0.2) is 42.1 Å². The molecule has 1 aromatic rings. The highest BCUT2D eigenvalue weighted by molar-refractivity contribution is 7.85. The van der Waals surface area contributed by atoms with Crippen LogP contribution < -0.4 is 5.32 Å². The Labute approximate surface area is 140 Å². The summed E-state index contributed by atoms with van der Waals surface area (Å²) in [6.07, 6.45) is 1.45. The Hall–Kier alpha value is -2.39. The maximum Gasteiger partial charge on any atom is 0.412 e. The third-order valence-electron chi connectivity index (χ3n) is 2.62. The molecule has 0 radical (unpaired) electrons. The van der Waals surface area contributed by atoms with Gasteiger partial charge in [0.2, 0.25) is 0 Å². The first kappa shape index (κ1) is 19.7. The van der Waals surface area contributed by atoms with Gasteiger partial charge in [-0.05, 0) is 12.0 Å². The number of ether oxygens (including phenoxy) is 2. The molecule has 0 heterocycles. The molecule has 0 saturated carbocycles. The van der Waals surface area contributed by atoms with Crippen LogP contribution in [0.4, 0.5) is 4.79 Å². The molecule has 0 saturated heterocycles. The van der Waals surface area contributed by atoms with Crippen molar-refractivity contribution < 1.29 is 31.7 Å². The molecule has 0 aliphatic rings. The number of amides is 1. The van der Waals surface area contributed by atoms with Crippen molar-refractivity contribution in [1.29, 1.82) is 0 Å². The van der Waals surface area contributed by atoms with Gasteiger partial charge in [-0.2, -0.15) is 8.42 Å². The van der Waals surface area contributed by atoms with Crippen LogP contribution in [0.5, 0.6) is 0 Å². The molecule has 0 aromatic heterocycles. The number of alkyl carbamates (subject to hydrolysis) is 1. The fourth-order valence-corrected chi connectivity index (χ4v) is 1.97. The van der Waals surface area contributed by atoms with Crippen LogP contribution in [0.2, 0.25) is 0 Å². The highest BCUT2D eigenvalue weighted by Gasteiger charge is 2.14. The lowest BCUT2D eigenvalue weighted by molar-refractivity contribution is -0.136. The highest BCUT2D eigenvalue weighted by atomic mass is 32.2. The molecule has 1 N–H and O–H groups in total. The topological polar surface area (TPSA) is 108 Å². The SMILES string of the molecule is COC(=O)/C(=C/CCOS(C)(=O)=O)NC(=O)OCc1ccccc1.